The largest absolute Gasteiger partial charge is 0.389 e. The summed E-state index contributed by atoms with van der Waals surface area (Å²) in [4.78, 5) is 2.16. The van der Waals surface area contributed by atoms with Gasteiger partial charge in [-0.3, -0.25) is 0 Å². The van der Waals surface area contributed by atoms with E-state index < -0.39 is 6.10 Å². The second kappa shape index (κ2) is 5.91. The molecule has 1 fully saturated rings. The van der Waals surface area contributed by atoms with Crippen LogP contribution in [-0.2, 0) is 0 Å². The second-order valence-corrected chi connectivity index (χ2v) is 5.79. The van der Waals surface area contributed by atoms with Gasteiger partial charge in [0, 0.05) is 24.3 Å². The molecule has 0 saturated heterocycles. The van der Waals surface area contributed by atoms with Crippen molar-refractivity contribution in [2.24, 2.45) is 5.92 Å². The first kappa shape index (κ1) is 14.3. The Morgan fingerprint density at radius 1 is 1.32 bits per heavy atom. The summed E-state index contributed by atoms with van der Waals surface area (Å²) in [5.74, 6) is 0.298. The van der Waals surface area contributed by atoms with Crippen LogP contribution in [0.5, 0.6) is 0 Å². The topological polar surface area (TPSA) is 23.5 Å². The van der Waals surface area contributed by atoms with Gasteiger partial charge >= 0.3 is 0 Å². The van der Waals surface area contributed by atoms with Crippen LogP contribution < -0.4 is 4.90 Å². The third-order valence-corrected chi connectivity index (χ3v) is 4.39. The van der Waals surface area contributed by atoms with Crippen LogP contribution in [0.2, 0.25) is 0 Å². The smallest absolute Gasteiger partial charge is 0.131 e. The Hall–Kier alpha value is -1.09. The molecule has 0 spiro atoms. The average molecular weight is 265 g/mol. The highest BCUT2D eigenvalue weighted by molar-refractivity contribution is 5.55. The van der Waals surface area contributed by atoms with Crippen LogP contribution >= 0.6 is 0 Å². The minimum Gasteiger partial charge on any atom is -0.389 e. The number of benzene rings is 1. The van der Waals surface area contributed by atoms with Crippen LogP contribution in [0.25, 0.3) is 0 Å². The Morgan fingerprint density at radius 3 is 2.63 bits per heavy atom. The molecular formula is C16H24FNO. The fourth-order valence-electron chi connectivity index (χ4n) is 3.30. The molecule has 1 aliphatic carbocycles. The highest BCUT2D eigenvalue weighted by Gasteiger charge is 2.27. The van der Waals surface area contributed by atoms with Gasteiger partial charge in [-0.05, 0) is 37.8 Å². The van der Waals surface area contributed by atoms with Gasteiger partial charge in [0.25, 0.3) is 0 Å². The number of halogens is 1. The number of rotatable bonds is 3. The van der Waals surface area contributed by atoms with Gasteiger partial charge in [0.05, 0.1) is 6.10 Å². The first-order chi connectivity index (χ1) is 9.02. The van der Waals surface area contributed by atoms with E-state index in [4.69, 9.17) is 0 Å². The number of nitrogens with zero attached hydrogens (tertiary/aromatic N) is 1. The molecule has 0 bridgehead atoms. The summed E-state index contributed by atoms with van der Waals surface area (Å²) in [6.07, 6.45) is 4.12. The van der Waals surface area contributed by atoms with Crippen LogP contribution in [0.1, 0.15) is 51.2 Å². The highest BCUT2D eigenvalue weighted by atomic mass is 19.1. The van der Waals surface area contributed by atoms with Crippen LogP contribution in [-0.4, -0.2) is 18.2 Å². The average Bonchev–Trinajstić information content (AvgIpc) is 2.37. The van der Waals surface area contributed by atoms with Crippen molar-refractivity contribution in [1.82, 2.24) is 0 Å². The van der Waals surface area contributed by atoms with E-state index in [2.05, 4.69) is 11.8 Å². The molecule has 106 valence electrons. The molecule has 2 rings (SSSR count). The van der Waals surface area contributed by atoms with Crippen LogP contribution in [0.15, 0.2) is 18.2 Å². The molecule has 0 aliphatic heterocycles. The Kier molecular flexibility index (Phi) is 4.46. The molecule has 3 unspecified atom stereocenters. The quantitative estimate of drug-likeness (QED) is 0.896. The Bertz CT molecular complexity index is 433. The number of aliphatic hydroxyl groups excluding tert-OH is 1. The van der Waals surface area contributed by atoms with E-state index in [1.54, 1.807) is 13.0 Å². The van der Waals surface area contributed by atoms with Crippen molar-refractivity contribution in [3.8, 4) is 0 Å². The van der Waals surface area contributed by atoms with E-state index in [1.165, 1.54) is 25.3 Å². The maximum absolute atomic E-state index is 13.9. The van der Waals surface area contributed by atoms with Crippen molar-refractivity contribution in [2.75, 3.05) is 11.9 Å². The molecule has 0 heterocycles. The first-order valence-corrected chi connectivity index (χ1v) is 7.21. The monoisotopic (exact) mass is 265 g/mol. The van der Waals surface area contributed by atoms with Gasteiger partial charge in [-0.25, -0.2) is 4.39 Å². The lowest BCUT2D eigenvalue weighted by atomic mass is 9.84. The molecule has 1 aliphatic rings. The fraction of sp³-hybridized carbons (Fsp3) is 0.625. The number of hydrogen-bond acceptors (Lipinski definition) is 2. The lowest BCUT2D eigenvalue weighted by Gasteiger charge is -2.38. The standard InChI is InChI=1S/C16H24FNO/c1-11-7-4-5-9-14(11)18(3)15-10-6-8-13(17)16(15)12(2)19/h6,8,10-12,14,19H,4-5,7,9H2,1-3H3. The summed E-state index contributed by atoms with van der Waals surface area (Å²) in [6, 6.07) is 5.49. The summed E-state index contributed by atoms with van der Waals surface area (Å²) in [5.41, 5.74) is 1.25. The van der Waals surface area contributed by atoms with Crippen LogP contribution in [0, 0.1) is 11.7 Å². The van der Waals surface area contributed by atoms with E-state index >= 15 is 0 Å². The number of hydrogen-bond donors (Lipinski definition) is 1. The number of anilines is 1. The highest BCUT2D eigenvalue weighted by Crippen LogP contribution is 2.34. The summed E-state index contributed by atoms with van der Waals surface area (Å²) in [5, 5.41) is 9.83. The van der Waals surface area contributed by atoms with E-state index in [0.29, 0.717) is 17.5 Å². The fourth-order valence-corrected chi connectivity index (χ4v) is 3.30. The molecule has 0 amide bonds. The van der Waals surface area contributed by atoms with Crippen molar-refractivity contribution in [3.63, 3.8) is 0 Å². The molecule has 1 aromatic rings. The summed E-state index contributed by atoms with van der Waals surface area (Å²) >= 11 is 0. The van der Waals surface area contributed by atoms with Crippen molar-refractivity contribution < 1.29 is 9.50 Å². The summed E-state index contributed by atoms with van der Waals surface area (Å²) in [6.45, 7) is 3.89. The van der Waals surface area contributed by atoms with Crippen LogP contribution in [0.3, 0.4) is 0 Å². The van der Waals surface area contributed by atoms with Crippen molar-refractivity contribution >= 4 is 5.69 Å². The lowest BCUT2D eigenvalue weighted by Crippen LogP contribution is -2.39. The predicted molar refractivity (Wildman–Crippen MR) is 76.9 cm³/mol. The third-order valence-electron chi connectivity index (χ3n) is 4.39. The SMILES string of the molecule is CC(O)c1c(F)cccc1N(C)C1CCCCC1C. The molecule has 3 atom stereocenters. The van der Waals surface area contributed by atoms with Crippen LogP contribution in [0.4, 0.5) is 10.1 Å². The Morgan fingerprint density at radius 2 is 2.00 bits per heavy atom. The zero-order valence-corrected chi connectivity index (χ0v) is 12.1. The zero-order chi connectivity index (χ0) is 14.0. The van der Waals surface area contributed by atoms with Gasteiger partial charge in [0.15, 0.2) is 0 Å². The molecular weight excluding hydrogens is 241 g/mol. The van der Waals surface area contributed by atoms with E-state index in [1.807, 2.05) is 13.1 Å². The predicted octanol–water partition coefficient (Wildman–Crippen LogP) is 3.89. The first-order valence-electron chi connectivity index (χ1n) is 7.21. The van der Waals surface area contributed by atoms with Crippen molar-refractivity contribution in [3.05, 3.63) is 29.6 Å². The number of aliphatic hydroxyl groups is 1. The zero-order valence-electron chi connectivity index (χ0n) is 12.1. The van der Waals surface area contributed by atoms with Gasteiger partial charge in [-0.2, -0.15) is 0 Å². The molecule has 1 N–H and O–H groups in total. The maximum atomic E-state index is 13.9. The lowest BCUT2D eigenvalue weighted by molar-refractivity contribution is 0.194. The molecule has 0 aromatic heterocycles. The van der Waals surface area contributed by atoms with E-state index in [0.717, 1.165) is 12.1 Å². The van der Waals surface area contributed by atoms with Crippen molar-refractivity contribution in [1.29, 1.82) is 0 Å². The molecule has 1 saturated carbocycles. The summed E-state index contributed by atoms with van der Waals surface area (Å²) in [7, 11) is 2.02. The van der Waals surface area contributed by atoms with Gasteiger partial charge in [0.2, 0.25) is 0 Å². The second-order valence-electron chi connectivity index (χ2n) is 5.79. The molecule has 2 nitrogen and oxygen atoms in total. The minimum atomic E-state index is -0.780. The van der Waals surface area contributed by atoms with Gasteiger partial charge < -0.3 is 10.0 Å². The summed E-state index contributed by atoms with van der Waals surface area (Å²) < 4.78 is 13.9. The molecule has 3 heteroatoms. The molecule has 19 heavy (non-hydrogen) atoms. The minimum absolute atomic E-state index is 0.317. The van der Waals surface area contributed by atoms with E-state index in [-0.39, 0.29) is 5.82 Å². The van der Waals surface area contributed by atoms with Gasteiger partial charge in [0.1, 0.15) is 5.82 Å². The molecule has 1 aromatic carbocycles. The van der Waals surface area contributed by atoms with Crippen molar-refractivity contribution in [2.45, 2.75) is 51.7 Å². The maximum Gasteiger partial charge on any atom is 0.131 e. The van der Waals surface area contributed by atoms with Gasteiger partial charge in [-0.15, -0.1) is 0 Å². The molecule has 0 radical (unpaired) electrons. The third kappa shape index (κ3) is 2.92. The Labute approximate surface area is 115 Å². The van der Waals surface area contributed by atoms with E-state index in [9.17, 15) is 9.50 Å². The normalized spacial score (nSPS) is 25.1. The van der Waals surface area contributed by atoms with Gasteiger partial charge in [-0.1, -0.05) is 25.8 Å². The Balaban J connectivity index is 2.32.